The molecule has 0 bridgehead atoms. The summed E-state index contributed by atoms with van der Waals surface area (Å²) in [7, 11) is 0. The molecule has 0 N–H and O–H groups in total. The van der Waals surface area contributed by atoms with Gasteiger partial charge in [-0.05, 0) is 221 Å². The molecule has 0 fully saturated rings. The quantitative estimate of drug-likeness (QED) is 0.145. The van der Waals surface area contributed by atoms with Crippen LogP contribution in [0.1, 0.15) is 22.3 Å². The molecule has 0 saturated heterocycles. The Morgan fingerprint density at radius 3 is 0.508 bits per heavy atom. The summed E-state index contributed by atoms with van der Waals surface area (Å²) < 4.78 is 19.1. The molecular formula is C124H88N8. The summed E-state index contributed by atoms with van der Waals surface area (Å²) in [6.45, 7) is 8.57. The average molecular weight is 1690 g/mol. The second kappa shape index (κ2) is 31.4. The Bertz CT molecular complexity index is 9250. The number of fused-ring (bicyclic) bond motifs is 24. The Kier molecular flexibility index (Phi) is 18.3. The van der Waals surface area contributed by atoms with Crippen LogP contribution < -0.4 is 0 Å². The van der Waals surface area contributed by atoms with E-state index in [9.17, 15) is 0 Å². The second-order valence-electron chi connectivity index (χ2n) is 35.0. The summed E-state index contributed by atoms with van der Waals surface area (Å²) in [6.07, 6.45) is 0. The molecule has 28 rings (SSSR count). The fraction of sp³-hybridized carbons (Fsp3) is 0.0323. The molecule has 0 aliphatic rings. The van der Waals surface area contributed by atoms with Gasteiger partial charge in [-0.25, -0.2) is 0 Å². The lowest BCUT2D eigenvalue weighted by Crippen LogP contribution is -1.97. The number of hydrogen-bond donors (Lipinski definition) is 0. The zero-order valence-electron chi connectivity index (χ0n) is 73.5. The largest absolute Gasteiger partial charge is 0.309 e. The summed E-state index contributed by atoms with van der Waals surface area (Å²) in [4.78, 5) is 0. The molecule has 28 aromatic rings. The maximum atomic E-state index is 2.40. The minimum absolute atomic E-state index is 1.18. The SMILES string of the molecule is Cc1ccc(-n2c3ccccc3c3cc(-n4c5ccccc5c5ccccc54)ccc32)cc1.Cc1ccc(-n2c3ccccc3c3ccc(-n4c5ccccc5c5ccccc54)cc32)cc1.Cc1cccc(-n2c3ccccc3c3cc(-n4c5ccccc5c5ccccc54)ccc32)c1.Cc1cccc(-n2c3ccccc3c3ccc(-n4c5ccccc5c5ccccc54)cc32)c1. The van der Waals surface area contributed by atoms with Crippen molar-refractivity contribution in [2.24, 2.45) is 0 Å². The van der Waals surface area contributed by atoms with Crippen LogP contribution in [0.2, 0.25) is 0 Å². The van der Waals surface area contributed by atoms with Crippen LogP contribution in [0.25, 0.3) is 220 Å². The number of hydrogen-bond acceptors (Lipinski definition) is 0. The van der Waals surface area contributed by atoms with Gasteiger partial charge in [0.05, 0.1) is 88.3 Å². The van der Waals surface area contributed by atoms with Gasteiger partial charge >= 0.3 is 0 Å². The molecule has 20 aromatic carbocycles. The third-order valence-electron chi connectivity index (χ3n) is 27.1. The van der Waals surface area contributed by atoms with Gasteiger partial charge in [-0.2, -0.15) is 0 Å². The van der Waals surface area contributed by atoms with Gasteiger partial charge in [0, 0.05) is 132 Å². The molecule has 0 aliphatic carbocycles. The van der Waals surface area contributed by atoms with Crippen molar-refractivity contribution in [3.05, 3.63) is 483 Å². The van der Waals surface area contributed by atoms with Crippen LogP contribution >= 0.6 is 0 Å². The van der Waals surface area contributed by atoms with Gasteiger partial charge in [-0.15, -0.1) is 0 Å². The van der Waals surface area contributed by atoms with Crippen molar-refractivity contribution in [3.63, 3.8) is 0 Å². The standard InChI is InChI=1S/4C31H22N2/c1-21-14-16-22(17-15-21)32-28-11-5-4-10-26(28)27-19-18-23(20-31(27)32)33-29-12-6-2-8-24(29)25-9-3-7-13-30(25)33;1-21-9-8-10-22(19-21)32-30-16-7-4-13-26(30)27-20-23(17-18-31(27)32)33-28-14-5-2-11-24(28)25-12-3-6-15-29(25)33;1-21-9-8-10-22(19-21)33-30-16-7-4-13-26(30)27-18-17-23(20-31(27)33)32-28-14-5-2-11-24(28)25-12-3-6-15-29(25)32;1-21-14-16-22(17-15-21)32-30-13-7-4-10-26(30)27-20-23(18-19-31(27)32)33-28-11-5-2-8-24(28)25-9-3-6-12-29(25)33/h4*2-20H,1H3. The van der Waals surface area contributed by atoms with Crippen LogP contribution in [-0.2, 0) is 0 Å². The van der Waals surface area contributed by atoms with E-state index in [1.165, 1.54) is 242 Å². The summed E-state index contributed by atoms with van der Waals surface area (Å²) in [5.41, 5.74) is 34.3. The zero-order chi connectivity index (χ0) is 87.8. The summed E-state index contributed by atoms with van der Waals surface area (Å²) in [5, 5.41) is 20.5. The first-order valence-corrected chi connectivity index (χ1v) is 45.5. The molecular weight excluding hydrogens is 1600 g/mol. The average Bonchev–Trinajstić information content (AvgIpc) is 1.58. The monoisotopic (exact) mass is 1690 g/mol. The van der Waals surface area contributed by atoms with Crippen LogP contribution in [0.5, 0.6) is 0 Å². The van der Waals surface area contributed by atoms with Crippen LogP contribution in [0.4, 0.5) is 0 Å². The van der Waals surface area contributed by atoms with Crippen molar-refractivity contribution >= 4 is 174 Å². The van der Waals surface area contributed by atoms with Gasteiger partial charge in [0.2, 0.25) is 0 Å². The molecule has 0 aliphatic heterocycles. The van der Waals surface area contributed by atoms with Crippen molar-refractivity contribution in [2.75, 3.05) is 0 Å². The predicted octanol–water partition coefficient (Wildman–Crippen LogP) is 32.8. The van der Waals surface area contributed by atoms with Gasteiger partial charge in [-0.1, -0.05) is 290 Å². The molecule has 8 nitrogen and oxygen atoms in total. The van der Waals surface area contributed by atoms with E-state index in [2.05, 4.69) is 525 Å². The fourth-order valence-electron chi connectivity index (χ4n) is 21.2. The third-order valence-corrected chi connectivity index (χ3v) is 27.1. The van der Waals surface area contributed by atoms with Crippen LogP contribution in [0.15, 0.2) is 461 Å². The molecule has 0 amide bonds. The smallest absolute Gasteiger partial charge is 0.0561 e. The normalized spacial score (nSPS) is 11.8. The summed E-state index contributed by atoms with van der Waals surface area (Å²) in [6, 6.07) is 167. The van der Waals surface area contributed by atoms with Crippen molar-refractivity contribution < 1.29 is 0 Å². The zero-order valence-corrected chi connectivity index (χ0v) is 73.5. The molecule has 8 heterocycles. The number of nitrogens with zero attached hydrogens (tertiary/aromatic N) is 8. The van der Waals surface area contributed by atoms with Crippen molar-refractivity contribution in [1.82, 2.24) is 36.5 Å². The first kappa shape index (κ1) is 77.2. The molecule has 132 heavy (non-hydrogen) atoms. The molecule has 624 valence electrons. The maximum Gasteiger partial charge on any atom is 0.0561 e. The highest BCUT2D eigenvalue weighted by Gasteiger charge is 2.23. The highest BCUT2D eigenvalue weighted by Crippen LogP contribution is 2.44. The van der Waals surface area contributed by atoms with Gasteiger partial charge < -0.3 is 36.5 Å². The minimum atomic E-state index is 1.18. The Morgan fingerprint density at radius 1 is 0.0985 bits per heavy atom. The lowest BCUT2D eigenvalue weighted by molar-refractivity contribution is 1.15. The molecule has 0 saturated carbocycles. The molecule has 0 radical (unpaired) electrons. The number of aryl methyl sites for hydroxylation is 4. The van der Waals surface area contributed by atoms with Gasteiger partial charge in [-0.3, -0.25) is 0 Å². The van der Waals surface area contributed by atoms with Crippen LogP contribution in [-0.4, -0.2) is 36.5 Å². The Hall–Kier alpha value is -17.2. The first-order chi connectivity index (χ1) is 65.2. The second-order valence-corrected chi connectivity index (χ2v) is 35.0. The molecule has 0 atom stereocenters. The van der Waals surface area contributed by atoms with E-state index >= 15 is 0 Å². The van der Waals surface area contributed by atoms with E-state index in [1.54, 1.807) is 0 Å². The van der Waals surface area contributed by atoms with Crippen molar-refractivity contribution in [2.45, 2.75) is 27.7 Å². The van der Waals surface area contributed by atoms with E-state index in [-0.39, 0.29) is 0 Å². The predicted molar refractivity (Wildman–Crippen MR) is 559 cm³/mol. The van der Waals surface area contributed by atoms with Gasteiger partial charge in [0.25, 0.3) is 0 Å². The van der Waals surface area contributed by atoms with Gasteiger partial charge in [0.15, 0.2) is 0 Å². The first-order valence-electron chi connectivity index (χ1n) is 45.5. The number of benzene rings is 20. The molecule has 0 unspecified atom stereocenters. The topological polar surface area (TPSA) is 39.4 Å². The Morgan fingerprint density at radius 2 is 0.265 bits per heavy atom. The van der Waals surface area contributed by atoms with E-state index in [0.717, 1.165) is 0 Å². The lowest BCUT2D eigenvalue weighted by Gasteiger charge is -2.11. The van der Waals surface area contributed by atoms with E-state index in [1.807, 2.05) is 0 Å². The molecule has 8 heteroatoms. The number of rotatable bonds is 8. The Balaban J connectivity index is 0.0000000945. The van der Waals surface area contributed by atoms with Crippen molar-refractivity contribution in [3.8, 4) is 45.5 Å². The summed E-state index contributed by atoms with van der Waals surface area (Å²) >= 11 is 0. The minimum Gasteiger partial charge on any atom is -0.309 e. The van der Waals surface area contributed by atoms with Gasteiger partial charge in [0.1, 0.15) is 0 Å². The highest BCUT2D eigenvalue weighted by molar-refractivity contribution is 6.18. The van der Waals surface area contributed by atoms with Crippen LogP contribution in [0.3, 0.4) is 0 Å². The van der Waals surface area contributed by atoms with E-state index in [0.29, 0.717) is 0 Å². The molecule has 8 aromatic heterocycles. The van der Waals surface area contributed by atoms with Crippen molar-refractivity contribution in [1.29, 1.82) is 0 Å². The highest BCUT2D eigenvalue weighted by atomic mass is 15.0. The number of para-hydroxylation sites is 12. The lowest BCUT2D eigenvalue weighted by atomic mass is 10.1. The number of aromatic nitrogens is 8. The molecule has 0 spiro atoms. The maximum absolute atomic E-state index is 2.40. The summed E-state index contributed by atoms with van der Waals surface area (Å²) in [5.74, 6) is 0. The Labute approximate surface area is 762 Å². The van der Waals surface area contributed by atoms with E-state index in [4.69, 9.17) is 0 Å². The van der Waals surface area contributed by atoms with Crippen LogP contribution in [0, 0.1) is 27.7 Å². The third kappa shape index (κ3) is 12.6. The van der Waals surface area contributed by atoms with E-state index < -0.39 is 0 Å². The fourth-order valence-corrected chi connectivity index (χ4v) is 21.2.